The Kier molecular flexibility index (Phi) is 6.90. The molecule has 0 aromatic heterocycles. The third kappa shape index (κ3) is 4.86. The maximum Gasteiger partial charge on any atom is 0.407 e. The monoisotopic (exact) mass is 461 g/mol. The van der Waals surface area contributed by atoms with Gasteiger partial charge in [0.25, 0.3) is 0 Å². The van der Waals surface area contributed by atoms with E-state index >= 15 is 0 Å². The van der Waals surface area contributed by atoms with Gasteiger partial charge in [-0.1, -0.05) is 35.9 Å². The maximum atomic E-state index is 11.5. The molecule has 4 atom stereocenters. The van der Waals surface area contributed by atoms with Gasteiger partial charge in [-0.25, -0.2) is 4.79 Å². The summed E-state index contributed by atoms with van der Waals surface area (Å²) in [4.78, 5) is 11.5. The van der Waals surface area contributed by atoms with E-state index in [2.05, 4.69) is 5.32 Å². The fourth-order valence-corrected chi connectivity index (χ4v) is 4.61. The number of carbonyl (C=O) groups excluding carboxylic acids is 1. The number of hydrogen-bond donors (Lipinski definition) is 3. The van der Waals surface area contributed by atoms with Crippen LogP contribution in [0.25, 0.3) is 0 Å². The Hall–Kier alpha value is -2.32. The lowest BCUT2D eigenvalue weighted by Gasteiger charge is -2.44. The number of nitrogens with one attached hydrogen (secondary N) is 1. The maximum absolute atomic E-state index is 11.5. The van der Waals surface area contributed by atoms with Crippen LogP contribution in [0.4, 0.5) is 4.79 Å². The molecule has 0 saturated carbocycles. The van der Waals surface area contributed by atoms with E-state index in [1.807, 2.05) is 49.4 Å². The van der Waals surface area contributed by atoms with Crippen molar-refractivity contribution in [1.29, 1.82) is 0 Å². The van der Waals surface area contributed by atoms with Crippen LogP contribution >= 0.6 is 11.6 Å². The topological polar surface area (TPSA) is 97.2 Å². The van der Waals surface area contributed by atoms with Gasteiger partial charge >= 0.3 is 6.09 Å². The molecule has 172 valence electrons. The van der Waals surface area contributed by atoms with E-state index in [4.69, 9.17) is 25.8 Å². The molecule has 2 aromatic carbocycles. The van der Waals surface area contributed by atoms with Crippen molar-refractivity contribution in [2.45, 2.75) is 50.1 Å². The fourth-order valence-electron chi connectivity index (χ4n) is 4.43. The number of rotatable bonds is 7. The van der Waals surface area contributed by atoms with E-state index < -0.39 is 30.0 Å². The summed E-state index contributed by atoms with van der Waals surface area (Å²) in [5, 5.41) is 23.9. The lowest BCUT2D eigenvalue weighted by Crippen LogP contribution is -2.55. The van der Waals surface area contributed by atoms with Crippen molar-refractivity contribution in [3.63, 3.8) is 0 Å². The van der Waals surface area contributed by atoms with Crippen LogP contribution in [0.15, 0.2) is 42.5 Å². The van der Waals surface area contributed by atoms with Gasteiger partial charge in [-0.05, 0) is 48.2 Å². The van der Waals surface area contributed by atoms with Crippen molar-refractivity contribution in [2.24, 2.45) is 0 Å². The molecule has 8 heteroatoms. The molecule has 2 aliphatic heterocycles. The molecule has 2 heterocycles. The number of benzene rings is 2. The molecular weight excluding hydrogens is 434 g/mol. The molecule has 0 bridgehead atoms. The second kappa shape index (κ2) is 9.67. The van der Waals surface area contributed by atoms with Gasteiger partial charge in [-0.3, -0.25) is 0 Å². The molecule has 0 aliphatic carbocycles. The first-order valence-corrected chi connectivity index (χ1v) is 11.2. The summed E-state index contributed by atoms with van der Waals surface area (Å²) >= 11 is 6.48. The highest BCUT2D eigenvalue weighted by molar-refractivity contribution is 6.31. The Labute approximate surface area is 192 Å². The second-order valence-corrected chi connectivity index (χ2v) is 8.71. The molecule has 0 radical (unpaired) electrons. The van der Waals surface area contributed by atoms with Crippen LogP contribution in [0.1, 0.15) is 42.6 Å². The van der Waals surface area contributed by atoms with Crippen molar-refractivity contribution in [3.8, 4) is 5.75 Å². The number of hydrogen-bond acceptors (Lipinski definition) is 6. The number of aliphatic hydroxyl groups is 2. The zero-order valence-corrected chi connectivity index (χ0v) is 18.7. The molecule has 2 saturated heterocycles. The van der Waals surface area contributed by atoms with E-state index in [0.29, 0.717) is 24.5 Å². The minimum Gasteiger partial charge on any atom is -0.494 e. The van der Waals surface area contributed by atoms with Crippen LogP contribution in [0.5, 0.6) is 5.75 Å². The molecule has 2 aliphatic rings. The second-order valence-electron chi connectivity index (χ2n) is 8.30. The lowest BCUT2D eigenvalue weighted by atomic mass is 9.83. The number of halogens is 1. The number of cyclic esters (lactones) is 1. The number of ether oxygens (including phenoxy) is 3. The number of amides is 1. The Bertz CT molecular complexity index is 952. The zero-order valence-electron chi connectivity index (χ0n) is 17.9. The van der Waals surface area contributed by atoms with E-state index in [0.717, 1.165) is 22.4 Å². The van der Waals surface area contributed by atoms with Crippen LogP contribution in [0.2, 0.25) is 5.02 Å². The number of carbonyl (C=O) groups is 1. The van der Waals surface area contributed by atoms with E-state index in [1.165, 1.54) is 0 Å². The number of alkyl carbamates (subject to hydrolysis) is 1. The summed E-state index contributed by atoms with van der Waals surface area (Å²) in [6, 6.07) is 13.5. The van der Waals surface area contributed by atoms with Crippen LogP contribution < -0.4 is 10.1 Å². The van der Waals surface area contributed by atoms with Gasteiger partial charge in [0.1, 0.15) is 11.4 Å². The predicted octanol–water partition coefficient (Wildman–Crippen LogP) is 3.38. The molecule has 2 fully saturated rings. The number of aliphatic hydroxyl groups excluding tert-OH is 2. The van der Waals surface area contributed by atoms with Crippen molar-refractivity contribution in [3.05, 3.63) is 64.2 Å². The minimum atomic E-state index is -1.17. The average Bonchev–Trinajstić information content (AvgIpc) is 3.23. The molecule has 4 rings (SSSR count). The SMILES string of the molecule is CCOc1ccc(Cc2cc(C3CC(O)C[C@@](CO)(C4CNC(=O)O4)O3)ccc2Cl)cc1. The standard InChI is InChI=1S/C24H28ClNO6/c1-2-30-19-6-3-15(4-7-19)9-17-10-16(5-8-20(17)25)21-11-18(28)12-24(14-27,32-21)22-13-26-23(29)31-22/h3-8,10,18,21-22,27-28H,2,9,11-14H2,1H3,(H,26,29)/t18?,21?,22?,24-/m1/s1. The van der Waals surface area contributed by atoms with Gasteiger partial charge in [0.2, 0.25) is 0 Å². The van der Waals surface area contributed by atoms with Gasteiger partial charge in [-0.2, -0.15) is 0 Å². The largest absolute Gasteiger partial charge is 0.494 e. The third-order valence-electron chi connectivity index (χ3n) is 6.05. The highest BCUT2D eigenvalue weighted by atomic mass is 35.5. The summed E-state index contributed by atoms with van der Waals surface area (Å²) in [5.41, 5.74) is 1.70. The summed E-state index contributed by atoms with van der Waals surface area (Å²) in [6.45, 7) is 2.42. The first-order chi connectivity index (χ1) is 15.4. The van der Waals surface area contributed by atoms with Gasteiger partial charge in [-0.15, -0.1) is 0 Å². The summed E-state index contributed by atoms with van der Waals surface area (Å²) in [7, 11) is 0. The van der Waals surface area contributed by atoms with Gasteiger partial charge in [0, 0.05) is 17.9 Å². The zero-order chi connectivity index (χ0) is 22.7. The molecule has 7 nitrogen and oxygen atoms in total. The van der Waals surface area contributed by atoms with Crippen molar-refractivity contribution >= 4 is 17.7 Å². The third-order valence-corrected chi connectivity index (χ3v) is 6.42. The van der Waals surface area contributed by atoms with Gasteiger partial charge in [0.05, 0.1) is 32.0 Å². The molecule has 32 heavy (non-hydrogen) atoms. The predicted molar refractivity (Wildman–Crippen MR) is 119 cm³/mol. The summed E-state index contributed by atoms with van der Waals surface area (Å²) < 4.78 is 17.1. The molecule has 2 aromatic rings. The Morgan fingerprint density at radius 3 is 2.69 bits per heavy atom. The average molecular weight is 462 g/mol. The van der Waals surface area contributed by atoms with Crippen LogP contribution in [0, 0.1) is 0 Å². The normalized spacial score (nSPS) is 27.6. The molecular formula is C24H28ClNO6. The van der Waals surface area contributed by atoms with Crippen molar-refractivity contribution in [1.82, 2.24) is 5.32 Å². The Morgan fingerprint density at radius 2 is 2.03 bits per heavy atom. The highest BCUT2D eigenvalue weighted by Gasteiger charge is 2.51. The molecule has 3 unspecified atom stereocenters. The van der Waals surface area contributed by atoms with Crippen molar-refractivity contribution < 1.29 is 29.2 Å². The Balaban J connectivity index is 1.55. The molecule has 1 amide bonds. The van der Waals surface area contributed by atoms with Gasteiger partial charge < -0.3 is 29.7 Å². The van der Waals surface area contributed by atoms with E-state index in [9.17, 15) is 15.0 Å². The van der Waals surface area contributed by atoms with Crippen molar-refractivity contribution in [2.75, 3.05) is 19.8 Å². The van der Waals surface area contributed by atoms with E-state index in [-0.39, 0.29) is 19.6 Å². The quantitative estimate of drug-likeness (QED) is 0.585. The van der Waals surface area contributed by atoms with Gasteiger partial charge in [0.15, 0.2) is 6.10 Å². The Morgan fingerprint density at radius 1 is 1.25 bits per heavy atom. The fraction of sp³-hybridized carbons (Fsp3) is 0.458. The van der Waals surface area contributed by atoms with Crippen LogP contribution in [-0.2, 0) is 15.9 Å². The lowest BCUT2D eigenvalue weighted by molar-refractivity contribution is -0.216. The molecule has 3 N–H and O–H groups in total. The smallest absolute Gasteiger partial charge is 0.407 e. The first-order valence-electron chi connectivity index (χ1n) is 10.8. The summed E-state index contributed by atoms with van der Waals surface area (Å²) in [5.74, 6) is 0.822. The van der Waals surface area contributed by atoms with E-state index in [1.54, 1.807) is 0 Å². The van der Waals surface area contributed by atoms with Crippen LogP contribution in [-0.4, -0.2) is 53.9 Å². The first kappa shape index (κ1) is 22.9. The molecule has 0 spiro atoms. The minimum absolute atomic E-state index is 0.187. The highest BCUT2D eigenvalue weighted by Crippen LogP contribution is 2.41. The summed E-state index contributed by atoms with van der Waals surface area (Å²) in [6.07, 6.45) is -1.21. The van der Waals surface area contributed by atoms with Crippen LogP contribution in [0.3, 0.4) is 0 Å².